The van der Waals surface area contributed by atoms with E-state index in [1.807, 2.05) is 4.90 Å². The molecule has 7 nitrogen and oxygen atoms in total. The summed E-state index contributed by atoms with van der Waals surface area (Å²) in [5.74, 6) is 0.724. The molecule has 2 aromatic rings. The summed E-state index contributed by atoms with van der Waals surface area (Å²) in [4.78, 5) is 32.3. The lowest BCUT2D eigenvalue weighted by Crippen LogP contribution is -2.36. The Hall–Kier alpha value is -2.61. The standard InChI is InChI=1S/C20H24N4O3S/c1-27-15-8-6-13(7-9-15)18(25)24-11-10-16-17(12-24)28-20(22-16)23-19(26)21-14-4-2-3-5-14/h6-9,14H,2-5,10-12H2,1H3,(H2,21,22,23,26). The summed E-state index contributed by atoms with van der Waals surface area (Å²) < 4.78 is 5.15. The number of aromatic nitrogens is 1. The third-order valence-electron chi connectivity index (χ3n) is 5.27. The second kappa shape index (κ2) is 8.18. The molecule has 0 saturated heterocycles. The van der Waals surface area contributed by atoms with Crippen molar-refractivity contribution >= 4 is 28.4 Å². The molecule has 1 aliphatic carbocycles. The van der Waals surface area contributed by atoms with Crippen LogP contribution in [0.1, 0.15) is 46.6 Å². The Kier molecular flexibility index (Phi) is 5.47. The number of hydrogen-bond acceptors (Lipinski definition) is 5. The van der Waals surface area contributed by atoms with Crippen LogP contribution in [0.4, 0.5) is 9.93 Å². The van der Waals surface area contributed by atoms with Crippen LogP contribution < -0.4 is 15.4 Å². The first-order valence-electron chi connectivity index (χ1n) is 9.62. The topological polar surface area (TPSA) is 83.6 Å². The number of urea groups is 1. The van der Waals surface area contributed by atoms with Crippen molar-refractivity contribution in [2.24, 2.45) is 0 Å². The average molecular weight is 401 g/mol. The van der Waals surface area contributed by atoms with Crippen molar-refractivity contribution in [1.82, 2.24) is 15.2 Å². The number of hydrogen-bond donors (Lipinski definition) is 2. The molecule has 8 heteroatoms. The molecule has 4 rings (SSSR count). The SMILES string of the molecule is COc1ccc(C(=O)N2CCc3nc(NC(=O)NC4CCCC4)sc3C2)cc1. The molecule has 2 N–H and O–H groups in total. The number of amides is 3. The Bertz CT molecular complexity index is 859. The molecule has 0 bridgehead atoms. The van der Waals surface area contributed by atoms with Crippen molar-refractivity contribution in [3.05, 3.63) is 40.4 Å². The van der Waals surface area contributed by atoms with Gasteiger partial charge in [-0.2, -0.15) is 0 Å². The highest BCUT2D eigenvalue weighted by Gasteiger charge is 2.26. The predicted molar refractivity (Wildman–Crippen MR) is 108 cm³/mol. The van der Waals surface area contributed by atoms with Crippen molar-refractivity contribution in [2.75, 3.05) is 19.0 Å². The van der Waals surface area contributed by atoms with Gasteiger partial charge in [0.2, 0.25) is 0 Å². The Morgan fingerprint density at radius 3 is 2.68 bits per heavy atom. The second-order valence-corrected chi connectivity index (χ2v) is 8.26. The summed E-state index contributed by atoms with van der Waals surface area (Å²) in [5.41, 5.74) is 1.61. The third kappa shape index (κ3) is 4.11. The van der Waals surface area contributed by atoms with Crippen LogP contribution in [0.2, 0.25) is 0 Å². The van der Waals surface area contributed by atoms with E-state index in [4.69, 9.17) is 4.74 Å². The third-order valence-corrected chi connectivity index (χ3v) is 6.26. The minimum Gasteiger partial charge on any atom is -0.497 e. The fraction of sp³-hybridized carbons (Fsp3) is 0.450. The Morgan fingerprint density at radius 2 is 1.96 bits per heavy atom. The van der Waals surface area contributed by atoms with Crippen molar-refractivity contribution in [3.8, 4) is 5.75 Å². The van der Waals surface area contributed by atoms with Crippen molar-refractivity contribution in [2.45, 2.75) is 44.7 Å². The predicted octanol–water partition coefficient (Wildman–Crippen LogP) is 3.41. The van der Waals surface area contributed by atoms with Gasteiger partial charge in [0.1, 0.15) is 5.75 Å². The molecule has 0 spiro atoms. The highest BCUT2D eigenvalue weighted by Crippen LogP contribution is 2.29. The summed E-state index contributed by atoms with van der Waals surface area (Å²) in [6, 6.07) is 7.23. The number of thiazole rings is 1. The quantitative estimate of drug-likeness (QED) is 0.824. The number of carbonyl (C=O) groups is 2. The fourth-order valence-electron chi connectivity index (χ4n) is 3.73. The van der Waals surface area contributed by atoms with Gasteiger partial charge in [0.25, 0.3) is 5.91 Å². The molecule has 148 valence electrons. The van der Waals surface area contributed by atoms with Gasteiger partial charge in [0, 0.05) is 29.4 Å². The van der Waals surface area contributed by atoms with Crippen molar-refractivity contribution in [1.29, 1.82) is 0 Å². The lowest BCUT2D eigenvalue weighted by atomic mass is 10.1. The van der Waals surface area contributed by atoms with Crippen LogP contribution in [0.5, 0.6) is 5.75 Å². The molecule has 1 aromatic heterocycles. The fourth-order valence-corrected chi connectivity index (χ4v) is 4.75. The van der Waals surface area contributed by atoms with E-state index in [1.54, 1.807) is 31.4 Å². The number of carbonyl (C=O) groups excluding carboxylic acids is 2. The highest BCUT2D eigenvalue weighted by molar-refractivity contribution is 7.15. The molecule has 3 amide bonds. The number of ether oxygens (including phenoxy) is 1. The summed E-state index contributed by atoms with van der Waals surface area (Å²) in [6.07, 6.45) is 5.14. The van der Waals surface area contributed by atoms with Crippen LogP contribution in [0.3, 0.4) is 0 Å². The first kappa shape index (κ1) is 18.7. The van der Waals surface area contributed by atoms with Gasteiger partial charge in [-0.15, -0.1) is 0 Å². The van der Waals surface area contributed by atoms with Crippen LogP contribution in [0.15, 0.2) is 24.3 Å². The van der Waals surface area contributed by atoms with Crippen molar-refractivity contribution in [3.63, 3.8) is 0 Å². The largest absolute Gasteiger partial charge is 0.497 e. The summed E-state index contributed by atoms with van der Waals surface area (Å²) in [5, 5.41) is 6.46. The molecule has 1 aliphatic heterocycles. The maximum atomic E-state index is 12.8. The molecular formula is C20H24N4O3S. The van der Waals surface area contributed by atoms with Gasteiger partial charge in [-0.05, 0) is 37.1 Å². The zero-order valence-corrected chi connectivity index (χ0v) is 16.7. The van der Waals surface area contributed by atoms with Crippen LogP contribution >= 0.6 is 11.3 Å². The van der Waals surface area contributed by atoms with Crippen LogP contribution in [-0.4, -0.2) is 41.5 Å². The Morgan fingerprint density at radius 1 is 1.21 bits per heavy atom. The lowest BCUT2D eigenvalue weighted by molar-refractivity contribution is 0.0736. The zero-order chi connectivity index (χ0) is 19.5. The molecule has 1 aromatic carbocycles. The van der Waals surface area contributed by atoms with E-state index in [0.717, 1.165) is 29.2 Å². The smallest absolute Gasteiger partial charge is 0.321 e. The summed E-state index contributed by atoms with van der Waals surface area (Å²) in [6.45, 7) is 1.14. The number of benzene rings is 1. The van der Waals surface area contributed by atoms with E-state index in [1.165, 1.54) is 24.2 Å². The molecule has 2 heterocycles. The molecule has 1 fully saturated rings. The first-order chi connectivity index (χ1) is 13.6. The number of nitrogens with zero attached hydrogens (tertiary/aromatic N) is 2. The number of methoxy groups -OCH3 is 1. The van der Waals surface area contributed by atoms with E-state index in [0.29, 0.717) is 30.2 Å². The average Bonchev–Trinajstić information content (AvgIpc) is 3.35. The molecule has 0 unspecified atom stereocenters. The van der Waals surface area contributed by atoms with Gasteiger partial charge in [-0.3, -0.25) is 10.1 Å². The monoisotopic (exact) mass is 400 g/mol. The molecule has 2 aliphatic rings. The molecule has 1 saturated carbocycles. The number of nitrogens with one attached hydrogen (secondary N) is 2. The van der Waals surface area contributed by atoms with E-state index in [2.05, 4.69) is 15.6 Å². The van der Waals surface area contributed by atoms with Gasteiger partial charge in [0.05, 0.1) is 19.3 Å². The first-order valence-corrected chi connectivity index (χ1v) is 10.4. The van der Waals surface area contributed by atoms with Gasteiger partial charge in [0.15, 0.2) is 5.13 Å². The van der Waals surface area contributed by atoms with E-state index >= 15 is 0 Å². The van der Waals surface area contributed by atoms with E-state index in [-0.39, 0.29) is 18.0 Å². The molecular weight excluding hydrogens is 376 g/mol. The van der Waals surface area contributed by atoms with Crippen LogP contribution in [0, 0.1) is 0 Å². The highest BCUT2D eigenvalue weighted by atomic mass is 32.1. The van der Waals surface area contributed by atoms with Gasteiger partial charge in [-0.25, -0.2) is 9.78 Å². The summed E-state index contributed by atoms with van der Waals surface area (Å²) >= 11 is 1.45. The minimum absolute atomic E-state index is 0.00445. The normalized spacial score (nSPS) is 16.5. The van der Waals surface area contributed by atoms with E-state index < -0.39 is 0 Å². The Balaban J connectivity index is 1.38. The number of anilines is 1. The second-order valence-electron chi connectivity index (χ2n) is 7.17. The van der Waals surface area contributed by atoms with Crippen LogP contribution in [0.25, 0.3) is 0 Å². The summed E-state index contributed by atoms with van der Waals surface area (Å²) in [7, 11) is 1.60. The minimum atomic E-state index is -0.191. The van der Waals surface area contributed by atoms with Crippen molar-refractivity contribution < 1.29 is 14.3 Å². The van der Waals surface area contributed by atoms with Gasteiger partial charge < -0.3 is 15.0 Å². The lowest BCUT2D eigenvalue weighted by Gasteiger charge is -2.26. The zero-order valence-electron chi connectivity index (χ0n) is 15.9. The maximum absolute atomic E-state index is 12.8. The molecule has 0 atom stereocenters. The number of fused-ring (bicyclic) bond motifs is 1. The van der Waals surface area contributed by atoms with Gasteiger partial charge in [-0.1, -0.05) is 24.2 Å². The van der Waals surface area contributed by atoms with Gasteiger partial charge >= 0.3 is 6.03 Å². The molecule has 0 radical (unpaired) electrons. The maximum Gasteiger partial charge on any atom is 0.321 e. The number of rotatable bonds is 4. The van der Waals surface area contributed by atoms with Crippen LogP contribution in [-0.2, 0) is 13.0 Å². The molecule has 28 heavy (non-hydrogen) atoms. The Labute approximate surface area is 168 Å². The van der Waals surface area contributed by atoms with E-state index in [9.17, 15) is 9.59 Å².